The molecule has 2 N–H and O–H groups in total. The van der Waals surface area contributed by atoms with Crippen molar-refractivity contribution in [1.82, 2.24) is 4.98 Å². The number of carbonyl (C=O) groups excluding carboxylic acids is 1. The minimum atomic E-state index is -0.660. The lowest BCUT2D eigenvalue weighted by Gasteiger charge is -2.13. The molecule has 1 amide bonds. The first-order valence-corrected chi connectivity index (χ1v) is 7.04. The Bertz CT molecular complexity index is 825. The third kappa shape index (κ3) is 2.76. The number of rotatable bonds is 4. The van der Waals surface area contributed by atoms with Crippen molar-refractivity contribution in [3.8, 4) is 16.9 Å². The van der Waals surface area contributed by atoms with Gasteiger partial charge in [0.1, 0.15) is 5.75 Å². The number of amides is 1. The standard InChI is InChI=1S/C18H16N2O2/c1-12(18(19)21)22-15-6-2-4-13(10-15)16-7-3-5-14-11-20-9-8-17(14)16/h2-12H,1H3,(H2,19,21)/t12-/m1/s1. The van der Waals surface area contributed by atoms with Crippen LogP contribution in [0.5, 0.6) is 5.75 Å². The molecule has 0 bridgehead atoms. The molecule has 1 atom stereocenters. The molecular weight excluding hydrogens is 276 g/mol. The Hall–Kier alpha value is -2.88. The van der Waals surface area contributed by atoms with Crippen molar-refractivity contribution < 1.29 is 9.53 Å². The van der Waals surface area contributed by atoms with Gasteiger partial charge < -0.3 is 10.5 Å². The molecule has 0 unspecified atom stereocenters. The summed E-state index contributed by atoms with van der Waals surface area (Å²) in [6.07, 6.45) is 2.96. The zero-order chi connectivity index (χ0) is 15.5. The number of nitrogens with two attached hydrogens (primary N) is 1. The van der Waals surface area contributed by atoms with E-state index in [4.69, 9.17) is 10.5 Å². The van der Waals surface area contributed by atoms with Crippen molar-refractivity contribution in [2.45, 2.75) is 13.0 Å². The average molecular weight is 292 g/mol. The second-order valence-electron chi connectivity index (χ2n) is 5.09. The maximum atomic E-state index is 11.1. The van der Waals surface area contributed by atoms with Crippen molar-refractivity contribution in [2.24, 2.45) is 5.73 Å². The van der Waals surface area contributed by atoms with Gasteiger partial charge in [-0.05, 0) is 41.6 Å². The molecule has 2 aromatic carbocycles. The molecule has 4 heteroatoms. The Morgan fingerprint density at radius 3 is 2.82 bits per heavy atom. The highest BCUT2D eigenvalue weighted by Crippen LogP contribution is 2.30. The number of aromatic nitrogens is 1. The highest BCUT2D eigenvalue weighted by molar-refractivity contribution is 5.96. The van der Waals surface area contributed by atoms with Gasteiger partial charge in [-0.15, -0.1) is 0 Å². The molecule has 1 heterocycles. The van der Waals surface area contributed by atoms with E-state index in [9.17, 15) is 4.79 Å². The van der Waals surface area contributed by atoms with E-state index in [2.05, 4.69) is 11.1 Å². The van der Waals surface area contributed by atoms with Gasteiger partial charge in [-0.3, -0.25) is 9.78 Å². The molecule has 0 aliphatic carbocycles. The van der Waals surface area contributed by atoms with Gasteiger partial charge in [-0.2, -0.15) is 0 Å². The second-order valence-corrected chi connectivity index (χ2v) is 5.09. The van der Waals surface area contributed by atoms with Gasteiger partial charge in [0, 0.05) is 17.8 Å². The predicted molar refractivity (Wildman–Crippen MR) is 86.5 cm³/mol. The largest absolute Gasteiger partial charge is 0.481 e. The molecule has 1 aromatic heterocycles. The third-order valence-corrected chi connectivity index (χ3v) is 3.54. The van der Waals surface area contributed by atoms with E-state index in [-0.39, 0.29) is 0 Å². The number of hydrogen-bond donors (Lipinski definition) is 1. The van der Waals surface area contributed by atoms with Crippen molar-refractivity contribution in [1.29, 1.82) is 0 Å². The van der Waals surface area contributed by atoms with E-state index >= 15 is 0 Å². The van der Waals surface area contributed by atoms with E-state index in [1.165, 1.54) is 0 Å². The zero-order valence-corrected chi connectivity index (χ0v) is 12.2. The first kappa shape index (κ1) is 14.1. The molecule has 0 spiro atoms. The third-order valence-electron chi connectivity index (χ3n) is 3.54. The van der Waals surface area contributed by atoms with Gasteiger partial charge in [0.2, 0.25) is 0 Å². The quantitative estimate of drug-likeness (QED) is 0.803. The van der Waals surface area contributed by atoms with Crippen LogP contribution in [-0.2, 0) is 4.79 Å². The molecule has 0 saturated carbocycles. The van der Waals surface area contributed by atoms with Crippen LogP contribution in [0.2, 0.25) is 0 Å². The number of carbonyl (C=O) groups is 1. The lowest BCUT2D eigenvalue weighted by molar-refractivity contribution is -0.123. The Balaban J connectivity index is 2.03. The summed E-state index contributed by atoms with van der Waals surface area (Å²) in [5.74, 6) is 0.136. The summed E-state index contributed by atoms with van der Waals surface area (Å²) in [7, 11) is 0. The van der Waals surface area contributed by atoms with Crippen molar-refractivity contribution in [3.05, 3.63) is 60.9 Å². The maximum absolute atomic E-state index is 11.1. The summed E-state index contributed by atoms with van der Waals surface area (Å²) in [6.45, 7) is 1.64. The van der Waals surface area contributed by atoms with Gasteiger partial charge in [0.05, 0.1) is 0 Å². The van der Waals surface area contributed by atoms with Gasteiger partial charge in [0.15, 0.2) is 6.10 Å². The maximum Gasteiger partial charge on any atom is 0.258 e. The summed E-state index contributed by atoms with van der Waals surface area (Å²) in [5, 5.41) is 2.20. The first-order chi connectivity index (χ1) is 10.6. The smallest absolute Gasteiger partial charge is 0.258 e. The van der Waals surface area contributed by atoms with Crippen LogP contribution in [0, 0.1) is 0 Å². The molecule has 0 aliphatic rings. The fraction of sp³-hybridized carbons (Fsp3) is 0.111. The van der Waals surface area contributed by atoms with Gasteiger partial charge in [-0.1, -0.05) is 30.3 Å². The minimum absolute atomic E-state index is 0.485. The highest BCUT2D eigenvalue weighted by atomic mass is 16.5. The van der Waals surface area contributed by atoms with E-state index in [0.717, 1.165) is 21.9 Å². The monoisotopic (exact) mass is 292 g/mol. The van der Waals surface area contributed by atoms with Crippen LogP contribution in [-0.4, -0.2) is 17.0 Å². The van der Waals surface area contributed by atoms with E-state index < -0.39 is 12.0 Å². The molecular formula is C18H16N2O2. The summed E-state index contributed by atoms with van der Waals surface area (Å²) < 4.78 is 5.56. The Labute approximate surface area is 128 Å². The SMILES string of the molecule is C[C@@H](Oc1cccc(-c2cccc3cnccc23)c1)C(N)=O. The summed E-state index contributed by atoms with van der Waals surface area (Å²) in [6, 6.07) is 15.7. The number of pyridine rings is 1. The molecule has 0 aliphatic heterocycles. The molecule has 0 saturated heterocycles. The summed E-state index contributed by atoms with van der Waals surface area (Å²) in [5.41, 5.74) is 7.35. The van der Waals surface area contributed by atoms with Gasteiger partial charge in [-0.25, -0.2) is 0 Å². The van der Waals surface area contributed by atoms with Crippen LogP contribution in [0.1, 0.15) is 6.92 Å². The first-order valence-electron chi connectivity index (χ1n) is 7.04. The van der Waals surface area contributed by atoms with Gasteiger partial charge in [0.25, 0.3) is 5.91 Å². The number of hydrogen-bond acceptors (Lipinski definition) is 3. The normalized spacial score (nSPS) is 12.0. The van der Waals surface area contributed by atoms with E-state index in [0.29, 0.717) is 5.75 Å². The van der Waals surface area contributed by atoms with E-state index in [1.807, 2.05) is 48.7 Å². The number of fused-ring (bicyclic) bond motifs is 1. The van der Waals surface area contributed by atoms with Crippen molar-refractivity contribution in [3.63, 3.8) is 0 Å². The molecule has 0 fully saturated rings. The molecule has 3 rings (SSSR count). The number of primary amides is 1. The van der Waals surface area contributed by atoms with Crippen LogP contribution >= 0.6 is 0 Å². The van der Waals surface area contributed by atoms with Crippen molar-refractivity contribution in [2.75, 3.05) is 0 Å². The van der Waals surface area contributed by atoms with E-state index in [1.54, 1.807) is 13.1 Å². The zero-order valence-electron chi connectivity index (χ0n) is 12.2. The number of nitrogens with zero attached hydrogens (tertiary/aromatic N) is 1. The minimum Gasteiger partial charge on any atom is -0.481 e. The second kappa shape index (κ2) is 5.85. The number of ether oxygens (including phenoxy) is 1. The van der Waals surface area contributed by atoms with Crippen LogP contribution in [0.15, 0.2) is 60.9 Å². The topological polar surface area (TPSA) is 65.2 Å². The molecule has 3 aromatic rings. The molecule has 22 heavy (non-hydrogen) atoms. The Kier molecular flexibility index (Phi) is 3.74. The van der Waals surface area contributed by atoms with Crippen LogP contribution in [0.3, 0.4) is 0 Å². The Morgan fingerprint density at radius 2 is 2.00 bits per heavy atom. The number of benzene rings is 2. The lowest BCUT2D eigenvalue weighted by atomic mass is 9.99. The van der Waals surface area contributed by atoms with Crippen LogP contribution in [0.25, 0.3) is 21.9 Å². The molecule has 4 nitrogen and oxygen atoms in total. The van der Waals surface area contributed by atoms with Crippen molar-refractivity contribution >= 4 is 16.7 Å². The lowest BCUT2D eigenvalue weighted by Crippen LogP contribution is -2.30. The molecule has 110 valence electrons. The highest BCUT2D eigenvalue weighted by Gasteiger charge is 2.11. The fourth-order valence-corrected chi connectivity index (χ4v) is 2.37. The fourth-order valence-electron chi connectivity index (χ4n) is 2.37. The predicted octanol–water partition coefficient (Wildman–Crippen LogP) is 3.15. The molecule has 0 radical (unpaired) electrons. The van der Waals surface area contributed by atoms with Crippen LogP contribution in [0.4, 0.5) is 0 Å². The van der Waals surface area contributed by atoms with Gasteiger partial charge >= 0.3 is 0 Å². The Morgan fingerprint density at radius 1 is 1.18 bits per heavy atom. The summed E-state index contributed by atoms with van der Waals surface area (Å²) in [4.78, 5) is 15.3. The van der Waals surface area contributed by atoms with Crippen LogP contribution < -0.4 is 10.5 Å². The average Bonchev–Trinajstić information content (AvgIpc) is 2.54. The summed E-state index contributed by atoms with van der Waals surface area (Å²) >= 11 is 0.